The molecule has 0 aliphatic heterocycles. The Morgan fingerprint density at radius 2 is 1.45 bits per heavy atom. The zero-order valence-electron chi connectivity index (χ0n) is 12.0. The SMILES string of the molecule is Nc1cccc(Cl)c1Oc1ccc(Cc2ccccc2)cc1. The molecule has 22 heavy (non-hydrogen) atoms. The first-order valence-corrected chi connectivity index (χ1v) is 7.45. The summed E-state index contributed by atoms with van der Waals surface area (Å²) in [5.41, 5.74) is 8.93. The van der Waals surface area contributed by atoms with Crippen molar-refractivity contribution in [3.8, 4) is 11.5 Å². The zero-order chi connectivity index (χ0) is 15.4. The van der Waals surface area contributed by atoms with Crippen LogP contribution in [-0.4, -0.2) is 0 Å². The van der Waals surface area contributed by atoms with Crippen LogP contribution >= 0.6 is 11.6 Å². The molecule has 0 aliphatic rings. The maximum atomic E-state index is 6.11. The van der Waals surface area contributed by atoms with Crippen LogP contribution in [0, 0.1) is 0 Å². The van der Waals surface area contributed by atoms with E-state index in [2.05, 4.69) is 24.3 Å². The standard InChI is InChI=1S/C19H16ClNO/c20-17-7-4-8-18(21)19(17)22-16-11-9-15(10-12-16)13-14-5-2-1-3-6-14/h1-12H,13,21H2. The molecule has 0 amide bonds. The second kappa shape index (κ2) is 6.54. The molecule has 0 saturated heterocycles. The van der Waals surface area contributed by atoms with Gasteiger partial charge < -0.3 is 10.5 Å². The minimum absolute atomic E-state index is 0.500. The molecule has 0 heterocycles. The first-order valence-electron chi connectivity index (χ1n) is 7.07. The highest BCUT2D eigenvalue weighted by molar-refractivity contribution is 6.32. The Morgan fingerprint density at radius 3 is 2.14 bits per heavy atom. The fourth-order valence-corrected chi connectivity index (χ4v) is 2.48. The van der Waals surface area contributed by atoms with Crippen LogP contribution in [0.15, 0.2) is 72.8 Å². The summed E-state index contributed by atoms with van der Waals surface area (Å²) in [6.07, 6.45) is 0.898. The van der Waals surface area contributed by atoms with Crippen LogP contribution in [0.5, 0.6) is 11.5 Å². The number of hydrogen-bond acceptors (Lipinski definition) is 2. The molecule has 0 radical (unpaired) electrons. The van der Waals surface area contributed by atoms with Gasteiger partial charge in [0.2, 0.25) is 0 Å². The Balaban J connectivity index is 1.74. The number of halogens is 1. The third-order valence-electron chi connectivity index (χ3n) is 3.39. The van der Waals surface area contributed by atoms with Crippen LogP contribution in [0.4, 0.5) is 5.69 Å². The van der Waals surface area contributed by atoms with Crippen LogP contribution in [0.2, 0.25) is 5.02 Å². The monoisotopic (exact) mass is 309 g/mol. The second-order valence-corrected chi connectivity index (χ2v) is 5.47. The topological polar surface area (TPSA) is 35.2 Å². The van der Waals surface area contributed by atoms with Crippen molar-refractivity contribution in [1.82, 2.24) is 0 Å². The summed E-state index contributed by atoms with van der Waals surface area (Å²) in [5, 5.41) is 0.508. The van der Waals surface area contributed by atoms with Gasteiger partial charge in [0, 0.05) is 0 Å². The first kappa shape index (κ1) is 14.5. The van der Waals surface area contributed by atoms with Crippen LogP contribution in [0.25, 0.3) is 0 Å². The average Bonchev–Trinajstić information content (AvgIpc) is 2.54. The summed E-state index contributed by atoms with van der Waals surface area (Å²) in [4.78, 5) is 0. The number of nitrogen functional groups attached to an aromatic ring is 1. The lowest BCUT2D eigenvalue weighted by molar-refractivity contribution is 0.485. The molecule has 110 valence electrons. The predicted molar refractivity (Wildman–Crippen MR) is 91.6 cm³/mol. The average molecular weight is 310 g/mol. The number of nitrogens with two attached hydrogens (primary N) is 1. The molecule has 2 nitrogen and oxygen atoms in total. The Labute approximate surface area is 135 Å². The van der Waals surface area contributed by atoms with E-state index in [0.29, 0.717) is 16.5 Å². The highest BCUT2D eigenvalue weighted by atomic mass is 35.5. The van der Waals surface area contributed by atoms with Crippen LogP contribution < -0.4 is 10.5 Å². The van der Waals surface area contributed by atoms with Gasteiger partial charge in [-0.05, 0) is 41.8 Å². The van der Waals surface area contributed by atoms with E-state index in [0.717, 1.165) is 12.2 Å². The van der Waals surface area contributed by atoms with Crippen molar-refractivity contribution in [2.75, 3.05) is 5.73 Å². The molecule has 0 spiro atoms. The fourth-order valence-electron chi connectivity index (χ4n) is 2.26. The molecule has 3 rings (SSSR count). The summed E-state index contributed by atoms with van der Waals surface area (Å²) in [7, 11) is 0. The van der Waals surface area contributed by atoms with Crippen molar-refractivity contribution in [3.63, 3.8) is 0 Å². The molecule has 0 bridgehead atoms. The number of anilines is 1. The van der Waals surface area contributed by atoms with E-state index in [4.69, 9.17) is 22.1 Å². The van der Waals surface area contributed by atoms with E-state index >= 15 is 0 Å². The highest BCUT2D eigenvalue weighted by Crippen LogP contribution is 2.34. The second-order valence-electron chi connectivity index (χ2n) is 5.07. The molecule has 0 aliphatic carbocycles. The number of para-hydroxylation sites is 1. The van der Waals surface area contributed by atoms with Gasteiger partial charge in [-0.3, -0.25) is 0 Å². The van der Waals surface area contributed by atoms with Crippen molar-refractivity contribution in [2.45, 2.75) is 6.42 Å². The minimum Gasteiger partial charge on any atom is -0.454 e. The molecule has 0 saturated carbocycles. The largest absolute Gasteiger partial charge is 0.454 e. The van der Waals surface area contributed by atoms with Gasteiger partial charge in [-0.2, -0.15) is 0 Å². The van der Waals surface area contributed by atoms with Gasteiger partial charge in [0.15, 0.2) is 5.75 Å². The Bertz CT molecular complexity index is 734. The summed E-state index contributed by atoms with van der Waals surface area (Å²) >= 11 is 6.11. The number of benzene rings is 3. The van der Waals surface area contributed by atoms with E-state index in [1.165, 1.54) is 11.1 Å². The van der Waals surface area contributed by atoms with E-state index < -0.39 is 0 Å². The van der Waals surface area contributed by atoms with Gasteiger partial charge in [0.1, 0.15) is 5.75 Å². The van der Waals surface area contributed by atoms with Crippen molar-refractivity contribution in [1.29, 1.82) is 0 Å². The summed E-state index contributed by atoms with van der Waals surface area (Å²) < 4.78 is 5.79. The van der Waals surface area contributed by atoms with Crippen LogP contribution in [0.1, 0.15) is 11.1 Å². The lowest BCUT2D eigenvalue weighted by Crippen LogP contribution is -1.93. The number of rotatable bonds is 4. The van der Waals surface area contributed by atoms with Crippen molar-refractivity contribution in [3.05, 3.63) is 88.9 Å². The van der Waals surface area contributed by atoms with Crippen molar-refractivity contribution in [2.24, 2.45) is 0 Å². The van der Waals surface area contributed by atoms with Gasteiger partial charge >= 0.3 is 0 Å². The first-order chi connectivity index (χ1) is 10.7. The van der Waals surface area contributed by atoms with E-state index in [1.54, 1.807) is 18.2 Å². The van der Waals surface area contributed by atoms with E-state index in [-0.39, 0.29) is 0 Å². The molecule has 3 aromatic rings. The van der Waals surface area contributed by atoms with Gasteiger partial charge in [0.25, 0.3) is 0 Å². The molecule has 0 atom stereocenters. The number of hydrogen-bond donors (Lipinski definition) is 1. The normalized spacial score (nSPS) is 10.4. The lowest BCUT2D eigenvalue weighted by Gasteiger charge is -2.10. The quantitative estimate of drug-likeness (QED) is 0.663. The van der Waals surface area contributed by atoms with Gasteiger partial charge in [-0.1, -0.05) is 60.1 Å². The third-order valence-corrected chi connectivity index (χ3v) is 3.69. The maximum absolute atomic E-state index is 6.11. The fraction of sp³-hybridized carbons (Fsp3) is 0.0526. The third kappa shape index (κ3) is 3.41. The van der Waals surface area contributed by atoms with E-state index in [1.807, 2.05) is 30.3 Å². The molecule has 2 N–H and O–H groups in total. The Kier molecular flexibility index (Phi) is 4.31. The zero-order valence-corrected chi connectivity index (χ0v) is 12.8. The van der Waals surface area contributed by atoms with Gasteiger partial charge in [-0.25, -0.2) is 0 Å². The van der Waals surface area contributed by atoms with Crippen LogP contribution in [-0.2, 0) is 6.42 Å². The predicted octanol–water partition coefficient (Wildman–Crippen LogP) is 5.31. The van der Waals surface area contributed by atoms with Crippen molar-refractivity contribution < 1.29 is 4.74 Å². The van der Waals surface area contributed by atoms with Crippen molar-refractivity contribution >= 4 is 17.3 Å². The molecule has 0 aromatic heterocycles. The lowest BCUT2D eigenvalue weighted by atomic mass is 10.1. The molecule has 0 unspecified atom stereocenters. The van der Waals surface area contributed by atoms with Crippen LogP contribution in [0.3, 0.4) is 0 Å². The molecule has 3 heteroatoms. The summed E-state index contributed by atoms with van der Waals surface area (Å²) in [6.45, 7) is 0. The Hall–Kier alpha value is -2.45. The van der Waals surface area contributed by atoms with Gasteiger partial charge in [-0.15, -0.1) is 0 Å². The molecular weight excluding hydrogens is 294 g/mol. The minimum atomic E-state index is 0.500. The highest BCUT2D eigenvalue weighted by Gasteiger charge is 2.07. The van der Waals surface area contributed by atoms with E-state index in [9.17, 15) is 0 Å². The molecule has 3 aromatic carbocycles. The molecular formula is C19H16ClNO. The molecule has 0 fully saturated rings. The van der Waals surface area contributed by atoms with Gasteiger partial charge in [0.05, 0.1) is 10.7 Å². The summed E-state index contributed by atoms with van der Waals surface area (Å²) in [6, 6.07) is 23.7. The number of ether oxygens (including phenoxy) is 1. The Morgan fingerprint density at radius 1 is 0.773 bits per heavy atom. The maximum Gasteiger partial charge on any atom is 0.168 e. The summed E-state index contributed by atoms with van der Waals surface area (Å²) in [5.74, 6) is 1.22. The smallest absolute Gasteiger partial charge is 0.168 e.